The summed E-state index contributed by atoms with van der Waals surface area (Å²) in [5.74, 6) is 0. The van der Waals surface area contributed by atoms with Crippen molar-refractivity contribution >= 4 is 33.7 Å². The molecule has 5 aromatic carbocycles. The van der Waals surface area contributed by atoms with E-state index in [0.29, 0.717) is 0 Å². The fourth-order valence-corrected chi connectivity index (χ4v) is 4.44. The van der Waals surface area contributed by atoms with Gasteiger partial charge in [0, 0.05) is 0 Å². The molecule has 0 bridgehead atoms. The SMILES string of the molecule is C=Cc1cc2c(-c3ccccc3)c3ccccc3c(-c3ccccc3)c2cc1C=C.CC. The highest BCUT2D eigenvalue weighted by molar-refractivity contribution is 6.22. The number of hydrogen-bond donors (Lipinski definition) is 0. The van der Waals surface area contributed by atoms with Crippen LogP contribution in [-0.4, -0.2) is 0 Å². The van der Waals surface area contributed by atoms with Gasteiger partial charge in [-0.05, 0) is 67.1 Å². The molecule has 0 unspecified atom stereocenters. The van der Waals surface area contributed by atoms with Crippen LogP contribution < -0.4 is 0 Å². The first-order valence-electron chi connectivity index (χ1n) is 11.2. The quantitative estimate of drug-likeness (QED) is 0.258. The topological polar surface area (TPSA) is 0 Å². The Bertz CT molecular complexity index is 1280. The van der Waals surface area contributed by atoms with E-state index in [4.69, 9.17) is 0 Å². The molecule has 0 aliphatic carbocycles. The van der Waals surface area contributed by atoms with Gasteiger partial charge in [-0.2, -0.15) is 0 Å². The van der Waals surface area contributed by atoms with Gasteiger partial charge in [0.1, 0.15) is 0 Å². The van der Waals surface area contributed by atoms with E-state index < -0.39 is 0 Å². The molecule has 0 saturated heterocycles. The summed E-state index contributed by atoms with van der Waals surface area (Å²) in [5.41, 5.74) is 7.17. The maximum Gasteiger partial charge on any atom is -0.00262 e. The molecular formula is C32H28. The maximum atomic E-state index is 4.04. The molecule has 0 amide bonds. The summed E-state index contributed by atoms with van der Waals surface area (Å²) in [6.07, 6.45) is 3.84. The Morgan fingerprint density at radius 3 is 1.16 bits per heavy atom. The van der Waals surface area contributed by atoms with Gasteiger partial charge in [-0.3, -0.25) is 0 Å². The first-order valence-corrected chi connectivity index (χ1v) is 11.2. The normalized spacial score (nSPS) is 10.4. The molecule has 0 radical (unpaired) electrons. The van der Waals surface area contributed by atoms with Gasteiger partial charge >= 0.3 is 0 Å². The van der Waals surface area contributed by atoms with Crippen molar-refractivity contribution in [2.24, 2.45) is 0 Å². The Morgan fingerprint density at radius 2 is 0.812 bits per heavy atom. The third-order valence-corrected chi connectivity index (χ3v) is 5.79. The highest BCUT2D eigenvalue weighted by atomic mass is 14.2. The van der Waals surface area contributed by atoms with E-state index >= 15 is 0 Å². The molecule has 0 aliphatic heterocycles. The first-order chi connectivity index (χ1) is 15.8. The second-order valence-corrected chi connectivity index (χ2v) is 7.46. The monoisotopic (exact) mass is 412 g/mol. The average Bonchev–Trinajstić information content (AvgIpc) is 2.88. The Morgan fingerprint density at radius 1 is 0.469 bits per heavy atom. The van der Waals surface area contributed by atoms with Crippen LogP contribution in [0.4, 0.5) is 0 Å². The molecule has 0 nitrogen and oxygen atoms in total. The lowest BCUT2D eigenvalue weighted by molar-refractivity contribution is 1.50. The van der Waals surface area contributed by atoms with Crippen LogP contribution in [-0.2, 0) is 0 Å². The summed E-state index contributed by atoms with van der Waals surface area (Å²) in [7, 11) is 0. The van der Waals surface area contributed by atoms with E-state index in [9.17, 15) is 0 Å². The summed E-state index contributed by atoms with van der Waals surface area (Å²) in [4.78, 5) is 0. The molecule has 0 aliphatic rings. The minimum atomic E-state index is 1.10. The van der Waals surface area contributed by atoms with Crippen molar-refractivity contribution in [2.45, 2.75) is 13.8 Å². The summed E-state index contributed by atoms with van der Waals surface area (Å²) in [5, 5.41) is 4.99. The van der Waals surface area contributed by atoms with Crippen LogP contribution in [0.25, 0.3) is 56.0 Å². The zero-order valence-electron chi connectivity index (χ0n) is 18.8. The number of benzene rings is 5. The molecule has 5 rings (SSSR count). The van der Waals surface area contributed by atoms with Gasteiger partial charge in [-0.15, -0.1) is 0 Å². The van der Waals surface area contributed by atoms with Crippen molar-refractivity contribution in [3.8, 4) is 22.3 Å². The fraction of sp³-hybridized carbons (Fsp3) is 0.0625. The maximum absolute atomic E-state index is 4.04. The molecule has 0 N–H and O–H groups in total. The predicted molar refractivity (Wildman–Crippen MR) is 144 cm³/mol. The summed E-state index contributed by atoms with van der Waals surface area (Å²) < 4.78 is 0. The molecule has 0 heteroatoms. The lowest BCUT2D eigenvalue weighted by Gasteiger charge is -2.19. The minimum Gasteiger partial charge on any atom is -0.0984 e. The zero-order chi connectivity index (χ0) is 22.5. The number of hydrogen-bond acceptors (Lipinski definition) is 0. The summed E-state index contributed by atoms with van der Waals surface area (Å²) in [6.45, 7) is 12.1. The van der Waals surface area contributed by atoms with E-state index in [2.05, 4.69) is 110 Å². The molecule has 5 aromatic rings. The third-order valence-electron chi connectivity index (χ3n) is 5.79. The van der Waals surface area contributed by atoms with Gasteiger partial charge in [0.25, 0.3) is 0 Å². The molecule has 0 aromatic heterocycles. The average molecular weight is 413 g/mol. The highest BCUT2D eigenvalue weighted by Gasteiger charge is 2.17. The largest absolute Gasteiger partial charge is 0.0984 e. The highest BCUT2D eigenvalue weighted by Crippen LogP contribution is 2.44. The standard InChI is InChI=1S/C30H22.C2H6/c1-3-21-19-27-28(20-22(21)4-2)30(24-15-9-6-10-16-24)26-18-12-11-17-25(26)29(27)23-13-7-5-8-14-23;1-2/h3-20H,1-2H2;1-2H3. The second kappa shape index (κ2) is 9.49. The molecule has 156 valence electrons. The lowest BCUT2D eigenvalue weighted by Crippen LogP contribution is -1.93. The van der Waals surface area contributed by atoms with Gasteiger partial charge in [0.05, 0.1) is 0 Å². The second-order valence-electron chi connectivity index (χ2n) is 7.46. The lowest BCUT2D eigenvalue weighted by atomic mass is 9.84. The van der Waals surface area contributed by atoms with E-state index in [1.54, 1.807) is 0 Å². The summed E-state index contributed by atoms with van der Waals surface area (Å²) in [6, 6.07) is 34.6. The van der Waals surface area contributed by atoms with Crippen molar-refractivity contribution in [2.75, 3.05) is 0 Å². The van der Waals surface area contributed by atoms with Crippen LogP contribution in [0.2, 0.25) is 0 Å². The van der Waals surface area contributed by atoms with E-state index in [0.717, 1.165) is 11.1 Å². The molecular weight excluding hydrogens is 384 g/mol. The Labute approximate surface area is 191 Å². The van der Waals surface area contributed by atoms with Crippen molar-refractivity contribution in [1.82, 2.24) is 0 Å². The van der Waals surface area contributed by atoms with Gasteiger partial charge < -0.3 is 0 Å². The minimum absolute atomic E-state index is 1.10. The van der Waals surface area contributed by atoms with Crippen LogP contribution in [0.3, 0.4) is 0 Å². The van der Waals surface area contributed by atoms with Crippen molar-refractivity contribution in [3.05, 3.63) is 121 Å². The van der Waals surface area contributed by atoms with Crippen LogP contribution in [0.15, 0.2) is 110 Å². The smallest absolute Gasteiger partial charge is 0.00262 e. The Kier molecular flexibility index (Phi) is 6.33. The van der Waals surface area contributed by atoms with Crippen LogP contribution >= 0.6 is 0 Å². The Balaban J connectivity index is 0.00000119. The fourth-order valence-electron chi connectivity index (χ4n) is 4.44. The molecule has 0 spiro atoms. The van der Waals surface area contributed by atoms with E-state index in [1.165, 1.54) is 43.8 Å². The van der Waals surface area contributed by atoms with Gasteiger partial charge in [-0.25, -0.2) is 0 Å². The van der Waals surface area contributed by atoms with Gasteiger partial charge in [-0.1, -0.05) is 124 Å². The number of fused-ring (bicyclic) bond motifs is 2. The molecule has 32 heavy (non-hydrogen) atoms. The number of rotatable bonds is 4. The first kappa shape index (κ1) is 21.3. The van der Waals surface area contributed by atoms with Crippen LogP contribution in [0.5, 0.6) is 0 Å². The zero-order valence-corrected chi connectivity index (χ0v) is 18.8. The van der Waals surface area contributed by atoms with Gasteiger partial charge in [0.2, 0.25) is 0 Å². The molecule has 0 atom stereocenters. The predicted octanol–water partition coefficient (Wildman–Crippen LogP) is 9.64. The van der Waals surface area contributed by atoms with E-state index in [-0.39, 0.29) is 0 Å². The van der Waals surface area contributed by atoms with Crippen molar-refractivity contribution in [3.63, 3.8) is 0 Å². The van der Waals surface area contributed by atoms with Crippen LogP contribution in [0, 0.1) is 0 Å². The molecule has 0 fully saturated rings. The van der Waals surface area contributed by atoms with Crippen molar-refractivity contribution in [1.29, 1.82) is 0 Å². The Hall–Kier alpha value is -3.90. The van der Waals surface area contributed by atoms with Crippen molar-refractivity contribution < 1.29 is 0 Å². The third kappa shape index (κ3) is 3.65. The molecule has 0 heterocycles. The van der Waals surface area contributed by atoms with Gasteiger partial charge in [0.15, 0.2) is 0 Å². The van der Waals surface area contributed by atoms with Crippen LogP contribution in [0.1, 0.15) is 25.0 Å². The molecule has 0 saturated carbocycles. The van der Waals surface area contributed by atoms with E-state index in [1.807, 2.05) is 26.0 Å². The summed E-state index contributed by atoms with van der Waals surface area (Å²) >= 11 is 0.